The van der Waals surface area contributed by atoms with Crippen molar-refractivity contribution in [1.29, 1.82) is 0 Å². The standard InChI is InChI=1S/C21H24N2S/c1-2-6-19-13-18(11-12-22-19)21-23(14-16-9-10-16)20(15-24-21)17-7-4-3-5-8-17/h3-5,7-8,11-13,15-16,21H,2,6,9-10,14H2,1H3. The molecule has 2 heterocycles. The van der Waals surface area contributed by atoms with Crippen molar-refractivity contribution >= 4 is 17.5 Å². The summed E-state index contributed by atoms with van der Waals surface area (Å²) >= 11 is 1.94. The average Bonchev–Trinajstić information content (AvgIpc) is 3.34. The van der Waals surface area contributed by atoms with E-state index in [0.29, 0.717) is 5.37 Å². The monoisotopic (exact) mass is 336 g/mol. The molecular formula is C21H24N2S. The highest BCUT2D eigenvalue weighted by Crippen LogP contribution is 2.48. The van der Waals surface area contributed by atoms with E-state index in [0.717, 1.165) is 18.8 Å². The van der Waals surface area contributed by atoms with Gasteiger partial charge in [0, 0.05) is 18.4 Å². The fraction of sp³-hybridized carbons (Fsp3) is 0.381. The lowest BCUT2D eigenvalue weighted by molar-refractivity contribution is 0.370. The number of pyridine rings is 1. The summed E-state index contributed by atoms with van der Waals surface area (Å²) in [7, 11) is 0. The van der Waals surface area contributed by atoms with Gasteiger partial charge in [0.05, 0.1) is 5.70 Å². The zero-order chi connectivity index (χ0) is 16.4. The summed E-state index contributed by atoms with van der Waals surface area (Å²) in [5.41, 5.74) is 5.32. The number of nitrogens with zero attached hydrogens (tertiary/aromatic N) is 2. The number of aromatic nitrogens is 1. The van der Waals surface area contributed by atoms with Gasteiger partial charge in [0.15, 0.2) is 0 Å². The van der Waals surface area contributed by atoms with Crippen LogP contribution < -0.4 is 0 Å². The van der Waals surface area contributed by atoms with Gasteiger partial charge in [-0.2, -0.15) is 0 Å². The van der Waals surface area contributed by atoms with Gasteiger partial charge >= 0.3 is 0 Å². The second-order valence-electron chi connectivity index (χ2n) is 6.78. The fourth-order valence-electron chi connectivity index (χ4n) is 3.31. The molecule has 4 rings (SSSR count). The van der Waals surface area contributed by atoms with E-state index in [1.54, 1.807) is 0 Å². The Hall–Kier alpha value is -1.74. The largest absolute Gasteiger partial charge is 0.354 e. The van der Waals surface area contributed by atoms with Crippen molar-refractivity contribution in [2.24, 2.45) is 5.92 Å². The predicted octanol–water partition coefficient (Wildman–Crippen LogP) is 5.49. The van der Waals surface area contributed by atoms with Gasteiger partial charge in [-0.3, -0.25) is 4.98 Å². The Kier molecular flexibility index (Phi) is 4.61. The minimum atomic E-state index is 0.388. The van der Waals surface area contributed by atoms with E-state index >= 15 is 0 Å². The van der Waals surface area contributed by atoms with Crippen LogP contribution in [0.3, 0.4) is 0 Å². The van der Waals surface area contributed by atoms with Crippen LogP contribution in [0, 0.1) is 5.92 Å². The van der Waals surface area contributed by atoms with Gasteiger partial charge in [-0.15, -0.1) is 11.8 Å². The van der Waals surface area contributed by atoms with Crippen LogP contribution in [0.5, 0.6) is 0 Å². The van der Waals surface area contributed by atoms with Crippen LogP contribution in [0.4, 0.5) is 0 Å². The van der Waals surface area contributed by atoms with Crippen molar-refractivity contribution in [3.8, 4) is 0 Å². The highest BCUT2D eigenvalue weighted by atomic mass is 32.2. The summed E-state index contributed by atoms with van der Waals surface area (Å²) in [4.78, 5) is 7.15. The summed E-state index contributed by atoms with van der Waals surface area (Å²) in [6, 6.07) is 15.3. The molecule has 1 aliphatic carbocycles. The zero-order valence-corrected chi connectivity index (χ0v) is 15.0. The Morgan fingerprint density at radius 3 is 2.75 bits per heavy atom. The molecule has 1 saturated carbocycles. The number of rotatable bonds is 6. The first-order valence-corrected chi connectivity index (χ1v) is 9.92. The smallest absolute Gasteiger partial charge is 0.105 e. The molecule has 0 bridgehead atoms. The molecule has 1 fully saturated rings. The SMILES string of the molecule is CCCc1cc(C2SC=C(c3ccccc3)N2CC2CC2)ccn1. The van der Waals surface area contributed by atoms with Crippen LogP contribution in [-0.4, -0.2) is 16.4 Å². The van der Waals surface area contributed by atoms with E-state index in [1.807, 2.05) is 18.0 Å². The maximum atomic E-state index is 4.53. The van der Waals surface area contributed by atoms with Crippen molar-refractivity contribution in [3.63, 3.8) is 0 Å². The molecule has 3 heteroatoms. The molecule has 1 aliphatic heterocycles. The molecule has 2 aromatic rings. The molecule has 0 amide bonds. The summed E-state index contributed by atoms with van der Waals surface area (Å²) < 4.78 is 0. The quantitative estimate of drug-likeness (QED) is 0.694. The van der Waals surface area contributed by atoms with Crippen molar-refractivity contribution in [3.05, 3.63) is 70.9 Å². The van der Waals surface area contributed by atoms with E-state index in [9.17, 15) is 0 Å². The summed E-state index contributed by atoms with van der Waals surface area (Å²) in [6.45, 7) is 3.39. The fourth-order valence-corrected chi connectivity index (χ4v) is 4.49. The Balaban J connectivity index is 1.62. The van der Waals surface area contributed by atoms with Gasteiger partial charge in [0.25, 0.3) is 0 Å². The highest BCUT2D eigenvalue weighted by molar-refractivity contribution is 8.02. The molecule has 24 heavy (non-hydrogen) atoms. The van der Waals surface area contributed by atoms with Crippen molar-refractivity contribution < 1.29 is 0 Å². The maximum absolute atomic E-state index is 4.53. The first-order chi connectivity index (χ1) is 11.8. The molecular weight excluding hydrogens is 312 g/mol. The zero-order valence-electron chi connectivity index (χ0n) is 14.2. The molecule has 1 unspecified atom stereocenters. The minimum absolute atomic E-state index is 0.388. The van der Waals surface area contributed by atoms with Crippen LogP contribution >= 0.6 is 11.8 Å². The third-order valence-corrected chi connectivity index (χ3v) is 5.90. The van der Waals surface area contributed by atoms with E-state index < -0.39 is 0 Å². The second-order valence-corrected chi connectivity index (χ2v) is 7.74. The molecule has 124 valence electrons. The summed E-state index contributed by atoms with van der Waals surface area (Å²) in [5.74, 6) is 0.871. The molecule has 0 spiro atoms. The van der Waals surface area contributed by atoms with Crippen LogP contribution in [-0.2, 0) is 6.42 Å². The average molecular weight is 337 g/mol. The van der Waals surface area contributed by atoms with Crippen LogP contribution in [0.2, 0.25) is 0 Å². The Labute approximate surface area is 149 Å². The molecule has 1 atom stereocenters. The van der Waals surface area contributed by atoms with E-state index in [2.05, 4.69) is 64.7 Å². The van der Waals surface area contributed by atoms with E-state index in [4.69, 9.17) is 0 Å². The number of benzene rings is 1. The maximum Gasteiger partial charge on any atom is 0.105 e. The van der Waals surface area contributed by atoms with Crippen LogP contribution in [0.25, 0.3) is 5.70 Å². The van der Waals surface area contributed by atoms with Gasteiger partial charge in [-0.25, -0.2) is 0 Å². The van der Waals surface area contributed by atoms with Gasteiger partial charge < -0.3 is 4.90 Å². The van der Waals surface area contributed by atoms with Gasteiger partial charge in [-0.1, -0.05) is 43.7 Å². The van der Waals surface area contributed by atoms with Crippen molar-refractivity contribution in [1.82, 2.24) is 9.88 Å². The molecule has 1 aromatic heterocycles. The predicted molar refractivity (Wildman–Crippen MR) is 102 cm³/mol. The first kappa shape index (κ1) is 15.8. The number of hydrogen-bond acceptors (Lipinski definition) is 3. The Morgan fingerprint density at radius 2 is 2.00 bits per heavy atom. The minimum Gasteiger partial charge on any atom is -0.354 e. The topological polar surface area (TPSA) is 16.1 Å². The molecule has 0 radical (unpaired) electrons. The van der Waals surface area contributed by atoms with Crippen LogP contribution in [0.1, 0.15) is 48.4 Å². The number of hydrogen-bond donors (Lipinski definition) is 0. The Morgan fingerprint density at radius 1 is 1.17 bits per heavy atom. The third-order valence-electron chi connectivity index (χ3n) is 4.75. The lowest BCUT2D eigenvalue weighted by Crippen LogP contribution is -2.24. The molecule has 1 aromatic carbocycles. The summed E-state index contributed by atoms with van der Waals surface area (Å²) in [5, 5.41) is 2.74. The van der Waals surface area contributed by atoms with Crippen LogP contribution in [0.15, 0.2) is 54.1 Å². The number of thioether (sulfide) groups is 1. The van der Waals surface area contributed by atoms with Gasteiger partial charge in [0.2, 0.25) is 0 Å². The van der Waals surface area contributed by atoms with Gasteiger partial charge in [0.1, 0.15) is 5.37 Å². The molecule has 2 nitrogen and oxygen atoms in total. The lowest BCUT2D eigenvalue weighted by atomic mass is 10.1. The molecule has 2 aliphatic rings. The first-order valence-electron chi connectivity index (χ1n) is 8.97. The highest BCUT2D eigenvalue weighted by Gasteiger charge is 2.34. The molecule has 0 N–H and O–H groups in total. The van der Waals surface area contributed by atoms with Crippen molar-refractivity contribution in [2.75, 3.05) is 6.54 Å². The third kappa shape index (κ3) is 3.36. The van der Waals surface area contributed by atoms with Crippen molar-refractivity contribution in [2.45, 2.75) is 38.0 Å². The Bertz CT molecular complexity index is 722. The molecule has 0 saturated heterocycles. The normalized spacial score (nSPS) is 20.3. The number of aryl methyl sites for hydroxylation is 1. The summed E-state index contributed by atoms with van der Waals surface area (Å²) in [6.07, 6.45) is 6.96. The van der Waals surface area contributed by atoms with E-state index in [-0.39, 0.29) is 0 Å². The second kappa shape index (κ2) is 7.02. The van der Waals surface area contributed by atoms with Gasteiger partial charge in [-0.05, 0) is 53.8 Å². The lowest BCUT2D eigenvalue weighted by Gasteiger charge is -2.30. The van der Waals surface area contributed by atoms with E-state index in [1.165, 1.54) is 41.9 Å².